The van der Waals surface area contributed by atoms with Gasteiger partial charge < -0.3 is 4.57 Å². The summed E-state index contributed by atoms with van der Waals surface area (Å²) < 4.78 is 31.1. The van der Waals surface area contributed by atoms with Gasteiger partial charge in [-0.1, -0.05) is 43.7 Å². The largest absolute Gasteiger partial charge is 0.302 e. The molecule has 0 radical (unpaired) electrons. The van der Waals surface area contributed by atoms with Gasteiger partial charge in [0.05, 0.1) is 23.4 Å². The Balaban J connectivity index is 1.29. The van der Waals surface area contributed by atoms with Crippen LogP contribution in [0.5, 0.6) is 0 Å². The lowest BCUT2D eigenvalue weighted by Crippen LogP contribution is -2.50. The maximum Gasteiger partial charge on any atom is 0.264 e. The van der Waals surface area contributed by atoms with Crippen molar-refractivity contribution in [3.05, 3.63) is 48.3 Å². The minimum Gasteiger partial charge on any atom is -0.302 e. The number of aromatic nitrogens is 2. The van der Waals surface area contributed by atoms with Crippen molar-refractivity contribution >= 4 is 26.8 Å². The van der Waals surface area contributed by atoms with E-state index in [1.807, 2.05) is 6.33 Å². The van der Waals surface area contributed by atoms with Crippen LogP contribution in [0.4, 0.5) is 0 Å². The highest BCUT2D eigenvalue weighted by molar-refractivity contribution is 7.86. The van der Waals surface area contributed by atoms with Crippen LogP contribution in [0.25, 0.3) is 16.7 Å². The first kappa shape index (κ1) is 21.6. The first-order chi connectivity index (χ1) is 15.7. The number of fused-ring (bicyclic) bond motifs is 6. The highest BCUT2D eigenvalue weighted by Crippen LogP contribution is 2.65. The molecule has 4 aliphatic rings. The average Bonchev–Trinajstić information content (AvgIpc) is 3.33. The van der Waals surface area contributed by atoms with Gasteiger partial charge in [0, 0.05) is 11.1 Å². The molecule has 1 heterocycles. The minimum atomic E-state index is -3.41. The minimum absolute atomic E-state index is 0.170. The van der Waals surface area contributed by atoms with Crippen LogP contribution in [0.3, 0.4) is 0 Å². The third-order valence-corrected chi connectivity index (χ3v) is 10.2. The predicted molar refractivity (Wildman–Crippen MR) is 131 cm³/mol. The Hall–Kier alpha value is -1.92. The molecule has 0 spiro atoms. The molecule has 33 heavy (non-hydrogen) atoms. The normalized spacial score (nSPS) is 38.3. The molecule has 0 bridgehead atoms. The molecule has 5 nitrogen and oxygen atoms in total. The Morgan fingerprint density at radius 3 is 2.64 bits per heavy atom. The van der Waals surface area contributed by atoms with Crippen molar-refractivity contribution in [3.63, 3.8) is 0 Å². The summed E-state index contributed by atoms with van der Waals surface area (Å²) in [7, 11) is -3.41. The second kappa shape index (κ2) is 7.29. The van der Waals surface area contributed by atoms with Gasteiger partial charge in [-0.05, 0) is 80.2 Å². The van der Waals surface area contributed by atoms with Gasteiger partial charge in [-0.3, -0.25) is 4.18 Å². The van der Waals surface area contributed by atoms with Crippen molar-refractivity contribution in [3.8, 4) is 0 Å². The van der Waals surface area contributed by atoms with Crippen molar-refractivity contribution in [1.29, 1.82) is 0 Å². The molecule has 0 saturated heterocycles. The summed E-state index contributed by atoms with van der Waals surface area (Å²) in [5.41, 5.74) is 5.48. The first-order valence-electron chi connectivity index (χ1n) is 12.4. The third-order valence-electron chi connectivity index (χ3n) is 9.62. The zero-order valence-corrected chi connectivity index (χ0v) is 20.6. The number of nitrogens with zero attached hydrogens (tertiary/aromatic N) is 2. The molecule has 2 aromatic rings. The summed E-state index contributed by atoms with van der Waals surface area (Å²) in [6.07, 6.45) is 15.2. The summed E-state index contributed by atoms with van der Waals surface area (Å²) in [5, 5.41) is 0. The lowest BCUT2D eigenvalue weighted by molar-refractivity contribution is -0.0216. The fourth-order valence-electron chi connectivity index (χ4n) is 8.03. The Labute approximate surface area is 197 Å². The van der Waals surface area contributed by atoms with Crippen molar-refractivity contribution in [1.82, 2.24) is 9.55 Å². The predicted octanol–water partition coefficient (Wildman–Crippen LogP) is 5.79. The molecule has 0 amide bonds. The van der Waals surface area contributed by atoms with E-state index in [9.17, 15) is 8.42 Å². The zero-order valence-electron chi connectivity index (χ0n) is 19.8. The van der Waals surface area contributed by atoms with E-state index in [-0.39, 0.29) is 16.9 Å². The maximum atomic E-state index is 11.7. The second-order valence-electron chi connectivity index (χ2n) is 11.3. The highest BCUT2D eigenvalue weighted by Gasteiger charge is 2.57. The zero-order chi connectivity index (χ0) is 23.0. The van der Waals surface area contributed by atoms with E-state index in [2.05, 4.69) is 59.8 Å². The van der Waals surface area contributed by atoms with E-state index in [0.29, 0.717) is 17.8 Å². The molecule has 6 atom stereocenters. The average molecular weight is 467 g/mol. The molecule has 4 aliphatic carbocycles. The van der Waals surface area contributed by atoms with E-state index < -0.39 is 10.1 Å². The van der Waals surface area contributed by atoms with E-state index >= 15 is 0 Å². The summed E-state index contributed by atoms with van der Waals surface area (Å²) in [5.74, 6) is 1.99. The van der Waals surface area contributed by atoms with Crippen molar-refractivity contribution < 1.29 is 12.6 Å². The van der Waals surface area contributed by atoms with Gasteiger partial charge in [0.15, 0.2) is 0 Å². The molecule has 0 N–H and O–H groups in total. The Bertz CT molecular complexity index is 1280. The van der Waals surface area contributed by atoms with Crippen LogP contribution >= 0.6 is 0 Å². The van der Waals surface area contributed by atoms with Crippen LogP contribution in [-0.4, -0.2) is 30.3 Å². The summed E-state index contributed by atoms with van der Waals surface area (Å²) in [6.45, 7) is 4.93. The number of hydrogen-bond acceptors (Lipinski definition) is 4. The van der Waals surface area contributed by atoms with E-state index in [1.165, 1.54) is 35.9 Å². The van der Waals surface area contributed by atoms with Crippen LogP contribution in [0, 0.1) is 28.6 Å². The molecular formula is C27H34N2O3S. The van der Waals surface area contributed by atoms with Crippen LogP contribution in [0.1, 0.15) is 58.8 Å². The maximum absolute atomic E-state index is 11.7. The van der Waals surface area contributed by atoms with Gasteiger partial charge in [-0.15, -0.1) is 0 Å². The van der Waals surface area contributed by atoms with Crippen molar-refractivity contribution in [2.45, 2.75) is 64.9 Å². The van der Waals surface area contributed by atoms with Crippen LogP contribution in [0.2, 0.25) is 0 Å². The van der Waals surface area contributed by atoms with Crippen LogP contribution < -0.4 is 0 Å². The van der Waals surface area contributed by atoms with Crippen molar-refractivity contribution in [2.75, 3.05) is 6.26 Å². The Morgan fingerprint density at radius 2 is 1.82 bits per heavy atom. The summed E-state index contributed by atoms with van der Waals surface area (Å²) in [4.78, 5) is 4.67. The molecule has 1 aromatic carbocycles. The Kier molecular flexibility index (Phi) is 4.77. The van der Waals surface area contributed by atoms with Gasteiger partial charge >= 0.3 is 0 Å². The smallest absolute Gasteiger partial charge is 0.264 e. The fourth-order valence-corrected chi connectivity index (χ4v) is 8.68. The van der Waals surface area contributed by atoms with Gasteiger partial charge in [0.1, 0.15) is 6.33 Å². The lowest BCUT2D eigenvalue weighted by Gasteiger charge is -2.57. The molecule has 176 valence electrons. The molecule has 6 heteroatoms. The standard InChI is InChI=1S/C27H34N2O3S/c1-26-14-12-19(32-33(3,30)31)16-18(26)8-9-20-21-10-11-25(27(21,2)15-13-22(20)26)29-17-28-23-6-4-5-7-24(23)29/h4-8,11,17,19-22H,9-10,12-16H2,1-3H3/t19-,20?,21?,22?,26-,27-/m0/s1. The number of allylic oxidation sites excluding steroid dienone is 3. The van der Waals surface area contributed by atoms with Gasteiger partial charge in [-0.25, -0.2) is 4.98 Å². The SMILES string of the molecule is C[C@]12CC[C@H](OS(C)(=O)=O)CC1=CCC1C2CC[C@]2(C)C(n3cnc4ccccc43)=CCC12. The van der Waals surface area contributed by atoms with E-state index in [1.54, 1.807) is 0 Å². The van der Waals surface area contributed by atoms with E-state index in [0.717, 1.165) is 37.6 Å². The van der Waals surface area contributed by atoms with Crippen LogP contribution in [0.15, 0.2) is 48.3 Å². The molecular weight excluding hydrogens is 432 g/mol. The quantitative estimate of drug-likeness (QED) is 0.424. The molecule has 3 unspecified atom stereocenters. The highest BCUT2D eigenvalue weighted by atomic mass is 32.2. The van der Waals surface area contributed by atoms with Gasteiger partial charge in [0.2, 0.25) is 0 Å². The topological polar surface area (TPSA) is 61.2 Å². The van der Waals surface area contributed by atoms with Gasteiger partial charge in [-0.2, -0.15) is 8.42 Å². The number of para-hydroxylation sites is 2. The third kappa shape index (κ3) is 3.28. The van der Waals surface area contributed by atoms with Crippen LogP contribution in [-0.2, 0) is 14.3 Å². The molecule has 2 saturated carbocycles. The monoisotopic (exact) mass is 466 g/mol. The number of rotatable bonds is 3. The Morgan fingerprint density at radius 1 is 1.03 bits per heavy atom. The van der Waals surface area contributed by atoms with E-state index in [4.69, 9.17) is 4.18 Å². The van der Waals surface area contributed by atoms with Crippen molar-refractivity contribution in [2.24, 2.45) is 28.6 Å². The molecule has 2 fully saturated rings. The molecule has 6 rings (SSSR count). The fraction of sp³-hybridized carbons (Fsp3) is 0.593. The number of hydrogen-bond donors (Lipinski definition) is 0. The first-order valence-corrected chi connectivity index (χ1v) is 14.2. The lowest BCUT2D eigenvalue weighted by atomic mass is 9.48. The molecule has 0 aliphatic heterocycles. The summed E-state index contributed by atoms with van der Waals surface area (Å²) >= 11 is 0. The second-order valence-corrected chi connectivity index (χ2v) is 12.9. The number of benzene rings is 1. The molecule has 1 aromatic heterocycles. The van der Waals surface area contributed by atoms with Gasteiger partial charge in [0.25, 0.3) is 10.1 Å². The number of imidazole rings is 1. The summed E-state index contributed by atoms with van der Waals surface area (Å²) in [6, 6.07) is 8.43.